The SMILES string of the molecule is CC(=O)O[C@H]1CC2C(C3CC[C@H](C(C)CCCNCCCCNc4ccnc5cc(Cl)ccc45)[C@]31C)[C@H](OC(C)=O)C[C@@H]1C[C@H](O)CC[C@]21C. The number of unbranched alkanes of at least 4 members (excludes halogenated alkanes) is 1. The molecule has 0 amide bonds. The Kier molecular flexibility index (Phi) is 11.7. The molecule has 1 heterocycles. The Labute approximate surface area is 304 Å². The van der Waals surface area contributed by atoms with Gasteiger partial charge in [-0.3, -0.25) is 14.6 Å². The number of rotatable bonds is 13. The van der Waals surface area contributed by atoms with Crippen molar-refractivity contribution in [2.24, 2.45) is 46.3 Å². The van der Waals surface area contributed by atoms with Gasteiger partial charge in [0.25, 0.3) is 0 Å². The number of aromatic nitrogens is 1. The number of hydrogen-bond acceptors (Lipinski definition) is 8. The molecule has 2 aromatic rings. The Hall–Kier alpha value is -2.42. The number of carbonyl (C=O) groups is 2. The lowest BCUT2D eigenvalue weighted by atomic mass is 9.43. The lowest BCUT2D eigenvalue weighted by molar-refractivity contribution is -0.223. The summed E-state index contributed by atoms with van der Waals surface area (Å²) in [6.45, 7) is 13.2. The minimum absolute atomic E-state index is 0.0495. The van der Waals surface area contributed by atoms with Crippen molar-refractivity contribution in [2.45, 2.75) is 124 Å². The molecule has 8 nitrogen and oxygen atoms in total. The van der Waals surface area contributed by atoms with Crippen molar-refractivity contribution in [3.05, 3.63) is 35.5 Å². The average Bonchev–Trinajstić information content (AvgIpc) is 3.42. The molecule has 6 rings (SSSR count). The van der Waals surface area contributed by atoms with Crippen LogP contribution in [0.4, 0.5) is 5.69 Å². The normalized spacial score (nSPS) is 35.4. The second kappa shape index (κ2) is 15.7. The van der Waals surface area contributed by atoms with Gasteiger partial charge in [0.05, 0.1) is 11.6 Å². The van der Waals surface area contributed by atoms with Crippen LogP contribution >= 0.6 is 11.6 Å². The lowest BCUT2D eigenvalue weighted by Crippen LogP contribution is -2.63. The molecule has 4 fully saturated rings. The lowest BCUT2D eigenvalue weighted by Gasteiger charge is -2.64. The number of ether oxygens (including phenoxy) is 2. The van der Waals surface area contributed by atoms with E-state index in [1.165, 1.54) is 6.92 Å². The number of anilines is 1. The molecule has 0 aliphatic heterocycles. The maximum absolute atomic E-state index is 12.6. The number of pyridine rings is 1. The van der Waals surface area contributed by atoms with E-state index >= 15 is 0 Å². The fourth-order valence-electron chi connectivity index (χ4n) is 11.5. The fourth-order valence-corrected chi connectivity index (χ4v) is 11.7. The van der Waals surface area contributed by atoms with Crippen LogP contribution in [-0.2, 0) is 19.1 Å². The minimum Gasteiger partial charge on any atom is -0.462 e. The molecule has 1 aromatic heterocycles. The van der Waals surface area contributed by atoms with Crippen molar-refractivity contribution in [3.63, 3.8) is 0 Å². The molecule has 0 bridgehead atoms. The third-order valence-corrected chi connectivity index (χ3v) is 14.1. The number of esters is 2. The smallest absolute Gasteiger partial charge is 0.302 e. The number of benzene rings is 1. The summed E-state index contributed by atoms with van der Waals surface area (Å²) in [6.07, 6.45) is 12.1. The van der Waals surface area contributed by atoms with Gasteiger partial charge in [0, 0.05) is 54.0 Å². The van der Waals surface area contributed by atoms with Crippen molar-refractivity contribution in [1.29, 1.82) is 0 Å². The monoisotopic (exact) mass is 709 g/mol. The van der Waals surface area contributed by atoms with Crippen LogP contribution < -0.4 is 10.6 Å². The van der Waals surface area contributed by atoms with Crippen LogP contribution in [0.3, 0.4) is 0 Å². The van der Waals surface area contributed by atoms with Gasteiger partial charge in [0.15, 0.2) is 0 Å². The molecule has 0 spiro atoms. The van der Waals surface area contributed by atoms with Crippen LogP contribution in [-0.4, -0.2) is 60.0 Å². The number of aliphatic hydroxyl groups is 1. The largest absolute Gasteiger partial charge is 0.462 e. The summed E-state index contributed by atoms with van der Waals surface area (Å²) in [4.78, 5) is 29.5. The Morgan fingerprint density at radius 3 is 2.52 bits per heavy atom. The second-order valence-electron chi connectivity index (χ2n) is 16.7. The quantitative estimate of drug-likeness (QED) is 0.141. The number of halogens is 1. The molecular weight excluding hydrogens is 650 g/mol. The van der Waals surface area contributed by atoms with Crippen molar-refractivity contribution >= 4 is 40.1 Å². The molecule has 4 unspecified atom stereocenters. The molecular formula is C41H60ClN3O5. The molecule has 50 heavy (non-hydrogen) atoms. The summed E-state index contributed by atoms with van der Waals surface area (Å²) in [5.41, 5.74) is 1.89. The van der Waals surface area contributed by atoms with E-state index in [1.807, 2.05) is 30.5 Å². The zero-order valence-electron chi connectivity index (χ0n) is 30.9. The minimum atomic E-state index is -0.288. The van der Waals surface area contributed by atoms with E-state index in [9.17, 15) is 14.7 Å². The molecule has 1 aromatic carbocycles. The molecule has 276 valence electrons. The highest BCUT2D eigenvalue weighted by Crippen LogP contribution is 2.69. The van der Waals surface area contributed by atoms with Gasteiger partial charge in [-0.25, -0.2) is 0 Å². The molecule has 4 saturated carbocycles. The van der Waals surface area contributed by atoms with E-state index in [2.05, 4.69) is 36.4 Å². The Morgan fingerprint density at radius 1 is 0.980 bits per heavy atom. The van der Waals surface area contributed by atoms with Gasteiger partial charge in [-0.05, 0) is 143 Å². The average molecular weight is 710 g/mol. The van der Waals surface area contributed by atoms with Crippen molar-refractivity contribution in [3.8, 4) is 0 Å². The van der Waals surface area contributed by atoms with E-state index in [0.29, 0.717) is 34.6 Å². The molecule has 0 radical (unpaired) electrons. The van der Waals surface area contributed by atoms with Crippen molar-refractivity contribution < 1.29 is 24.2 Å². The summed E-state index contributed by atoms with van der Waals surface area (Å²) in [6, 6.07) is 7.86. The maximum atomic E-state index is 12.6. The predicted octanol–water partition coefficient (Wildman–Crippen LogP) is 8.19. The van der Waals surface area contributed by atoms with E-state index in [0.717, 1.165) is 107 Å². The van der Waals surface area contributed by atoms with E-state index in [1.54, 1.807) is 6.92 Å². The summed E-state index contributed by atoms with van der Waals surface area (Å²) < 4.78 is 12.5. The van der Waals surface area contributed by atoms with Crippen LogP contribution in [0.25, 0.3) is 10.9 Å². The van der Waals surface area contributed by atoms with E-state index in [-0.39, 0.29) is 47.0 Å². The van der Waals surface area contributed by atoms with Gasteiger partial charge in [-0.15, -0.1) is 0 Å². The van der Waals surface area contributed by atoms with E-state index in [4.69, 9.17) is 21.1 Å². The summed E-state index contributed by atoms with van der Waals surface area (Å²) in [5.74, 6) is 1.74. The van der Waals surface area contributed by atoms with E-state index < -0.39 is 0 Å². The van der Waals surface area contributed by atoms with Crippen LogP contribution in [0.5, 0.6) is 0 Å². The highest BCUT2D eigenvalue weighted by atomic mass is 35.5. The number of aliphatic hydroxyl groups excluding tert-OH is 1. The molecule has 9 heteroatoms. The first-order chi connectivity index (χ1) is 23.9. The third-order valence-electron chi connectivity index (χ3n) is 13.9. The van der Waals surface area contributed by atoms with Crippen molar-refractivity contribution in [2.75, 3.05) is 25.0 Å². The highest BCUT2D eigenvalue weighted by molar-refractivity contribution is 6.31. The Balaban J connectivity index is 1.03. The first kappa shape index (κ1) is 37.3. The first-order valence-corrected chi connectivity index (χ1v) is 19.8. The number of nitrogens with one attached hydrogen (secondary N) is 2. The highest BCUT2D eigenvalue weighted by Gasteiger charge is 2.67. The van der Waals surface area contributed by atoms with Gasteiger partial charge >= 0.3 is 11.9 Å². The zero-order valence-corrected chi connectivity index (χ0v) is 31.6. The summed E-state index contributed by atoms with van der Waals surface area (Å²) in [7, 11) is 0. The molecule has 4 aliphatic rings. The Bertz CT molecular complexity index is 1510. The number of nitrogens with zero attached hydrogens (tertiary/aromatic N) is 1. The standard InChI is InChI=1S/C41H60ClN3O5/c1-25(9-8-18-43-17-6-7-19-44-35-15-20-45-36-23-29(42)10-11-31(35)36)32-12-13-33-39-34(24-38(41(32,33)5)50-27(3)47)40(4)16-14-30(48)21-28(40)22-37(39)49-26(2)46/h10-11,15,20,23,25,28,30,32-34,37-39,43,48H,6-9,12-14,16-19,21-22,24H2,1-5H3,(H,44,45)/t25?,28-,30+,32+,33?,34?,37+,38-,39?,40-,41+/m0/s1. The number of hydrogen-bond donors (Lipinski definition) is 3. The molecule has 3 N–H and O–H groups in total. The van der Waals surface area contributed by atoms with Crippen LogP contribution in [0.15, 0.2) is 30.5 Å². The molecule has 4 aliphatic carbocycles. The van der Waals surface area contributed by atoms with Crippen molar-refractivity contribution in [1.82, 2.24) is 10.3 Å². The topological polar surface area (TPSA) is 110 Å². The summed E-state index contributed by atoms with van der Waals surface area (Å²) in [5, 5.41) is 19.7. The third kappa shape index (κ3) is 7.54. The van der Waals surface area contributed by atoms with Crippen LogP contribution in [0.2, 0.25) is 5.02 Å². The molecule has 11 atom stereocenters. The van der Waals surface area contributed by atoms with Gasteiger partial charge in [-0.1, -0.05) is 32.4 Å². The fraction of sp³-hybridized carbons (Fsp3) is 0.732. The maximum Gasteiger partial charge on any atom is 0.302 e. The second-order valence-corrected chi connectivity index (χ2v) is 17.1. The number of fused-ring (bicyclic) bond motifs is 6. The first-order valence-electron chi connectivity index (χ1n) is 19.4. The zero-order chi connectivity index (χ0) is 35.6. The van der Waals surface area contributed by atoms with Gasteiger partial charge in [0.2, 0.25) is 0 Å². The molecule has 0 saturated heterocycles. The van der Waals surface area contributed by atoms with Crippen LogP contribution in [0.1, 0.15) is 105 Å². The van der Waals surface area contributed by atoms with Gasteiger partial charge < -0.3 is 25.2 Å². The number of carbonyl (C=O) groups excluding carboxylic acids is 2. The van der Waals surface area contributed by atoms with Crippen LogP contribution in [0, 0.1) is 46.3 Å². The summed E-state index contributed by atoms with van der Waals surface area (Å²) >= 11 is 6.14. The van der Waals surface area contributed by atoms with Gasteiger partial charge in [-0.2, -0.15) is 0 Å². The Morgan fingerprint density at radius 2 is 1.74 bits per heavy atom. The predicted molar refractivity (Wildman–Crippen MR) is 199 cm³/mol. The van der Waals surface area contributed by atoms with Gasteiger partial charge in [0.1, 0.15) is 12.2 Å².